The molecule has 0 bridgehead atoms. The normalized spacial score (nSPS) is 19.0. The molecule has 0 fully saturated rings. The van der Waals surface area contributed by atoms with Crippen LogP contribution in [0.4, 0.5) is 5.69 Å². The van der Waals surface area contributed by atoms with Crippen LogP contribution in [0.5, 0.6) is 0 Å². The quantitative estimate of drug-likeness (QED) is 0.187. The molecule has 0 saturated carbocycles. The molecule has 6 heteroatoms. The lowest BCUT2D eigenvalue weighted by molar-refractivity contribution is -0.384. The van der Waals surface area contributed by atoms with Crippen LogP contribution in [0.3, 0.4) is 0 Å². The first-order valence-corrected chi connectivity index (χ1v) is 10.1. The zero-order valence-corrected chi connectivity index (χ0v) is 18.2. The van der Waals surface area contributed by atoms with Gasteiger partial charge in [0, 0.05) is 24.5 Å². The van der Waals surface area contributed by atoms with Crippen LogP contribution in [0.15, 0.2) is 66.9 Å². The zero-order valence-electron chi connectivity index (χ0n) is 18.2. The van der Waals surface area contributed by atoms with E-state index in [9.17, 15) is 14.9 Å². The Morgan fingerprint density at radius 1 is 1.06 bits per heavy atom. The molecule has 0 spiro atoms. The maximum Gasteiger partial charge on any atom is 0.331 e. The second-order valence-electron chi connectivity index (χ2n) is 7.92. The monoisotopic (exact) mass is 418 g/mol. The third-order valence-electron chi connectivity index (χ3n) is 6.29. The van der Waals surface area contributed by atoms with Crippen molar-refractivity contribution in [1.82, 2.24) is 0 Å². The summed E-state index contributed by atoms with van der Waals surface area (Å²) in [6.45, 7) is 15.3. The number of benzene rings is 2. The van der Waals surface area contributed by atoms with Gasteiger partial charge in [0.2, 0.25) is 0 Å². The number of hydrogen-bond donors (Lipinski definition) is 0. The van der Waals surface area contributed by atoms with E-state index in [-0.39, 0.29) is 22.4 Å². The number of fused-ring (bicyclic) bond motifs is 3. The lowest BCUT2D eigenvalue weighted by atomic mass is 9.61. The van der Waals surface area contributed by atoms with Gasteiger partial charge in [-0.25, -0.2) is 4.79 Å². The molecule has 0 heterocycles. The molecule has 2 unspecified atom stereocenters. The second kappa shape index (κ2) is 8.30. The van der Waals surface area contributed by atoms with Gasteiger partial charge in [-0.05, 0) is 58.7 Å². The molecule has 0 radical (unpaired) electrons. The Bertz CT molecular complexity index is 1100. The average molecular weight is 418 g/mol. The van der Waals surface area contributed by atoms with E-state index in [1.165, 1.54) is 13.0 Å². The molecule has 1 aliphatic rings. The van der Waals surface area contributed by atoms with Gasteiger partial charge in [-0.1, -0.05) is 43.3 Å². The average Bonchev–Trinajstić information content (AvgIpc) is 3.06. The fraction of sp³-hybridized carbons (Fsp3) is 0.280. The van der Waals surface area contributed by atoms with E-state index in [0.29, 0.717) is 5.71 Å². The van der Waals surface area contributed by atoms with Crippen molar-refractivity contribution in [3.63, 3.8) is 0 Å². The number of non-ortho nitro benzene ring substituents is 1. The number of carbonyl (C=O) groups excluding carboxylic acids is 1. The highest BCUT2D eigenvalue weighted by molar-refractivity contribution is 6.00. The van der Waals surface area contributed by atoms with E-state index in [1.54, 1.807) is 13.0 Å². The highest BCUT2D eigenvalue weighted by Gasteiger charge is 2.49. The highest BCUT2D eigenvalue weighted by Crippen LogP contribution is 2.57. The van der Waals surface area contributed by atoms with Crippen molar-refractivity contribution in [3.05, 3.63) is 88.5 Å². The standard InChI is InChI=1S/C25H26N2O4/c1-7-15(3)25(16(4)8-2)23-13-19(17(5)26-31-18(6)28)9-11-21(23)22-12-10-20(27(29)30)14-24(22)25/h7-16H,1-2H2,3-6H3/b26-17-. The number of nitrogens with zero attached hydrogens (tertiary/aromatic N) is 2. The van der Waals surface area contributed by atoms with Gasteiger partial charge in [-0.3, -0.25) is 10.1 Å². The first kappa shape index (κ1) is 22.2. The fourth-order valence-electron chi connectivity index (χ4n) is 4.67. The van der Waals surface area contributed by atoms with E-state index in [1.807, 2.05) is 36.4 Å². The van der Waals surface area contributed by atoms with Crippen molar-refractivity contribution >= 4 is 17.4 Å². The Balaban J connectivity index is 2.35. The molecule has 160 valence electrons. The summed E-state index contributed by atoms with van der Waals surface area (Å²) in [5, 5.41) is 15.5. The van der Waals surface area contributed by atoms with Gasteiger partial charge in [0.05, 0.1) is 10.6 Å². The minimum absolute atomic E-state index is 0.0385. The predicted octanol–water partition coefficient (Wildman–Crippen LogP) is 5.79. The Hall–Kier alpha value is -3.54. The fourth-order valence-corrected chi connectivity index (χ4v) is 4.67. The summed E-state index contributed by atoms with van der Waals surface area (Å²) >= 11 is 0. The van der Waals surface area contributed by atoms with Crippen molar-refractivity contribution in [2.24, 2.45) is 17.0 Å². The number of rotatable bonds is 7. The first-order valence-electron chi connectivity index (χ1n) is 10.1. The van der Waals surface area contributed by atoms with Crippen molar-refractivity contribution in [2.45, 2.75) is 33.1 Å². The Morgan fingerprint density at radius 3 is 2.13 bits per heavy atom. The third kappa shape index (κ3) is 3.48. The van der Waals surface area contributed by atoms with Gasteiger partial charge in [0.1, 0.15) is 0 Å². The minimum atomic E-state index is -0.585. The van der Waals surface area contributed by atoms with E-state index >= 15 is 0 Å². The number of allylic oxidation sites excluding steroid dienone is 2. The van der Waals surface area contributed by atoms with Crippen LogP contribution in [0, 0.1) is 22.0 Å². The summed E-state index contributed by atoms with van der Waals surface area (Å²) in [7, 11) is 0. The van der Waals surface area contributed by atoms with Crippen LogP contribution in [-0.4, -0.2) is 16.6 Å². The van der Waals surface area contributed by atoms with Gasteiger partial charge in [0.25, 0.3) is 5.69 Å². The Labute approximate surface area is 182 Å². The molecule has 0 aromatic heterocycles. The SMILES string of the molecule is C=CC(C)C1(C(C)C=C)c2cc(/C(C)=N\OC(C)=O)ccc2-c2ccc([N+](=O)[O-])cc21. The van der Waals surface area contributed by atoms with E-state index in [2.05, 4.69) is 32.2 Å². The maximum atomic E-state index is 11.5. The minimum Gasteiger partial charge on any atom is -0.318 e. The number of nitro benzene ring substituents is 1. The Kier molecular flexibility index (Phi) is 5.93. The molecule has 0 saturated heterocycles. The molecule has 2 atom stereocenters. The van der Waals surface area contributed by atoms with E-state index in [4.69, 9.17) is 4.84 Å². The van der Waals surface area contributed by atoms with Gasteiger partial charge >= 0.3 is 5.97 Å². The molecule has 31 heavy (non-hydrogen) atoms. The molecule has 2 aromatic rings. The molecular formula is C25H26N2O4. The summed E-state index contributed by atoms with van der Waals surface area (Å²) in [5.74, 6) is -0.568. The largest absolute Gasteiger partial charge is 0.331 e. The molecule has 0 N–H and O–H groups in total. The smallest absolute Gasteiger partial charge is 0.318 e. The molecule has 2 aromatic carbocycles. The molecular weight excluding hydrogens is 392 g/mol. The summed E-state index contributed by atoms with van der Waals surface area (Å²) in [5.41, 5.74) is 4.72. The number of hydrogen-bond acceptors (Lipinski definition) is 5. The lowest BCUT2D eigenvalue weighted by Gasteiger charge is -2.41. The highest BCUT2D eigenvalue weighted by atomic mass is 16.7. The number of oxime groups is 1. The van der Waals surface area contributed by atoms with Crippen LogP contribution in [0.2, 0.25) is 0 Å². The van der Waals surface area contributed by atoms with Gasteiger partial charge in [0.15, 0.2) is 0 Å². The lowest BCUT2D eigenvalue weighted by Crippen LogP contribution is -2.38. The molecule has 6 nitrogen and oxygen atoms in total. The van der Waals surface area contributed by atoms with Crippen molar-refractivity contribution < 1.29 is 14.6 Å². The summed E-state index contributed by atoms with van der Waals surface area (Å²) in [6.07, 6.45) is 3.76. The second-order valence-corrected chi connectivity index (χ2v) is 7.92. The van der Waals surface area contributed by atoms with Crippen LogP contribution in [0.25, 0.3) is 11.1 Å². The van der Waals surface area contributed by atoms with Gasteiger partial charge < -0.3 is 4.84 Å². The van der Waals surface area contributed by atoms with Crippen molar-refractivity contribution in [1.29, 1.82) is 0 Å². The van der Waals surface area contributed by atoms with Crippen LogP contribution >= 0.6 is 0 Å². The third-order valence-corrected chi connectivity index (χ3v) is 6.29. The predicted molar refractivity (Wildman–Crippen MR) is 122 cm³/mol. The van der Waals surface area contributed by atoms with Gasteiger partial charge in [-0.2, -0.15) is 0 Å². The topological polar surface area (TPSA) is 81.8 Å². The van der Waals surface area contributed by atoms with Crippen LogP contribution in [-0.2, 0) is 15.0 Å². The molecule has 1 aliphatic carbocycles. The maximum absolute atomic E-state index is 11.5. The van der Waals surface area contributed by atoms with Gasteiger partial charge in [-0.15, -0.1) is 13.2 Å². The Morgan fingerprint density at radius 2 is 1.61 bits per heavy atom. The number of carbonyl (C=O) groups is 1. The van der Waals surface area contributed by atoms with Crippen molar-refractivity contribution in [3.8, 4) is 11.1 Å². The molecule has 0 aliphatic heterocycles. The zero-order chi connectivity index (χ0) is 22.9. The molecule has 3 rings (SSSR count). The van der Waals surface area contributed by atoms with E-state index < -0.39 is 11.4 Å². The first-order chi connectivity index (χ1) is 14.7. The summed E-state index contributed by atoms with van der Waals surface area (Å²) in [4.78, 5) is 27.1. The van der Waals surface area contributed by atoms with Crippen LogP contribution < -0.4 is 0 Å². The number of nitro groups is 1. The van der Waals surface area contributed by atoms with Crippen molar-refractivity contribution in [2.75, 3.05) is 0 Å². The summed E-state index contributed by atoms with van der Waals surface area (Å²) < 4.78 is 0. The van der Waals surface area contributed by atoms with E-state index in [0.717, 1.165) is 27.8 Å². The molecule has 0 amide bonds. The summed E-state index contributed by atoms with van der Waals surface area (Å²) in [6, 6.07) is 11.0. The van der Waals surface area contributed by atoms with Crippen LogP contribution in [0.1, 0.15) is 44.4 Å².